The Hall–Kier alpha value is -1.66. The van der Waals surface area contributed by atoms with Crippen molar-refractivity contribution in [1.29, 1.82) is 0 Å². The van der Waals surface area contributed by atoms with Crippen molar-refractivity contribution in [2.75, 3.05) is 13.2 Å². The van der Waals surface area contributed by atoms with Crippen molar-refractivity contribution in [3.63, 3.8) is 0 Å². The summed E-state index contributed by atoms with van der Waals surface area (Å²) in [5.41, 5.74) is 0.788. The first kappa shape index (κ1) is 20.4. The van der Waals surface area contributed by atoms with Crippen LogP contribution < -0.4 is 5.32 Å². The average Bonchev–Trinajstić information content (AvgIpc) is 2.59. The molecule has 0 fully saturated rings. The van der Waals surface area contributed by atoms with Crippen molar-refractivity contribution in [3.05, 3.63) is 30.1 Å². The summed E-state index contributed by atoms with van der Waals surface area (Å²) in [6, 6.07) is 5.56. The summed E-state index contributed by atoms with van der Waals surface area (Å²) in [4.78, 5) is 16.0. The van der Waals surface area contributed by atoms with Crippen molar-refractivity contribution >= 4 is 6.09 Å². The fourth-order valence-electron chi connectivity index (χ4n) is 1.92. The molecule has 0 spiro atoms. The maximum absolute atomic E-state index is 11.9. The highest BCUT2D eigenvalue weighted by Crippen LogP contribution is 2.06. The van der Waals surface area contributed by atoms with E-state index < -0.39 is 6.09 Å². The number of rotatable bonds is 11. The van der Waals surface area contributed by atoms with Gasteiger partial charge >= 0.3 is 6.09 Å². The second kappa shape index (κ2) is 11.8. The highest BCUT2D eigenvalue weighted by Gasteiger charge is 2.16. The maximum atomic E-state index is 11.9. The minimum Gasteiger partial charge on any atom is -0.444 e. The second-order valence-electron chi connectivity index (χ2n) is 5.86. The maximum Gasteiger partial charge on any atom is 0.407 e. The number of alkyl carbamates (subject to hydrolysis) is 1. The van der Waals surface area contributed by atoms with Crippen LogP contribution in [0.15, 0.2) is 24.4 Å². The summed E-state index contributed by atoms with van der Waals surface area (Å²) in [5.74, 6) is 0. The lowest BCUT2D eigenvalue weighted by Crippen LogP contribution is -2.33. The van der Waals surface area contributed by atoms with E-state index in [1.165, 1.54) is 0 Å². The minimum absolute atomic E-state index is 0.0154. The molecule has 0 aromatic carbocycles. The Bertz CT molecular complexity index is 454. The topological polar surface area (TPSA) is 69.7 Å². The van der Waals surface area contributed by atoms with Crippen LogP contribution in [-0.4, -0.2) is 42.6 Å². The molecule has 0 saturated heterocycles. The van der Waals surface area contributed by atoms with Gasteiger partial charge in [-0.15, -0.1) is 0 Å². The Morgan fingerprint density at radius 3 is 2.42 bits per heavy atom. The molecule has 0 bridgehead atoms. The van der Waals surface area contributed by atoms with Gasteiger partial charge in [0.2, 0.25) is 0 Å². The fourth-order valence-corrected chi connectivity index (χ4v) is 1.92. The van der Waals surface area contributed by atoms with Gasteiger partial charge in [0.1, 0.15) is 6.10 Å². The zero-order valence-corrected chi connectivity index (χ0v) is 15.2. The van der Waals surface area contributed by atoms with Crippen LogP contribution in [0.1, 0.15) is 46.2 Å². The van der Waals surface area contributed by atoms with Crippen LogP contribution in [0.5, 0.6) is 0 Å². The Kier molecular flexibility index (Phi) is 10.0. The number of ether oxygens (including phenoxy) is 3. The van der Waals surface area contributed by atoms with Gasteiger partial charge in [-0.05, 0) is 38.8 Å². The molecular weight excluding hydrogens is 308 g/mol. The highest BCUT2D eigenvalue weighted by molar-refractivity contribution is 5.67. The van der Waals surface area contributed by atoms with E-state index in [4.69, 9.17) is 14.2 Å². The van der Waals surface area contributed by atoms with Gasteiger partial charge < -0.3 is 19.5 Å². The minimum atomic E-state index is -0.456. The molecule has 1 rings (SSSR count). The predicted octanol–water partition coefficient (Wildman–Crippen LogP) is 3.31. The molecule has 136 valence electrons. The van der Waals surface area contributed by atoms with Gasteiger partial charge in [0.15, 0.2) is 0 Å². The van der Waals surface area contributed by atoms with Crippen LogP contribution in [0.3, 0.4) is 0 Å². The van der Waals surface area contributed by atoms with Gasteiger partial charge in [0.25, 0.3) is 0 Å². The van der Waals surface area contributed by atoms with Crippen molar-refractivity contribution in [3.8, 4) is 0 Å². The van der Waals surface area contributed by atoms with Crippen LogP contribution in [0, 0.1) is 0 Å². The number of amides is 1. The summed E-state index contributed by atoms with van der Waals surface area (Å²) >= 11 is 0. The van der Waals surface area contributed by atoms with Gasteiger partial charge in [-0.3, -0.25) is 4.98 Å². The molecule has 0 aliphatic rings. The Morgan fingerprint density at radius 1 is 1.12 bits per heavy atom. The number of nitrogens with zero attached hydrogens (tertiary/aromatic N) is 1. The SMILES string of the molecule is CCC(COC(C)C)OCC(CC)OC(=O)NCc1ccccn1. The van der Waals surface area contributed by atoms with Crippen molar-refractivity contribution in [1.82, 2.24) is 10.3 Å². The van der Waals surface area contributed by atoms with Crippen LogP contribution in [0.2, 0.25) is 0 Å². The summed E-state index contributed by atoms with van der Waals surface area (Å²) in [7, 11) is 0. The van der Waals surface area contributed by atoms with Crippen molar-refractivity contribution in [2.24, 2.45) is 0 Å². The van der Waals surface area contributed by atoms with Gasteiger partial charge in [0.05, 0.1) is 37.7 Å². The molecule has 24 heavy (non-hydrogen) atoms. The summed E-state index contributed by atoms with van der Waals surface area (Å²) in [6.07, 6.45) is 2.70. The normalized spacial score (nSPS) is 13.5. The summed E-state index contributed by atoms with van der Waals surface area (Å²) in [6.45, 7) is 9.27. The van der Waals surface area contributed by atoms with Gasteiger partial charge in [-0.1, -0.05) is 19.9 Å². The third-order valence-corrected chi connectivity index (χ3v) is 3.46. The molecule has 0 aliphatic carbocycles. The number of aromatic nitrogens is 1. The molecular formula is C18H30N2O4. The number of hydrogen-bond donors (Lipinski definition) is 1. The van der Waals surface area contributed by atoms with E-state index in [2.05, 4.69) is 17.2 Å². The molecule has 1 N–H and O–H groups in total. The highest BCUT2D eigenvalue weighted by atomic mass is 16.6. The first-order valence-corrected chi connectivity index (χ1v) is 8.62. The molecule has 1 aromatic rings. The number of hydrogen-bond acceptors (Lipinski definition) is 5. The first-order chi connectivity index (χ1) is 11.5. The van der Waals surface area contributed by atoms with Gasteiger partial charge in [-0.25, -0.2) is 4.79 Å². The predicted molar refractivity (Wildman–Crippen MR) is 92.8 cm³/mol. The van der Waals surface area contributed by atoms with Crippen LogP contribution in [-0.2, 0) is 20.8 Å². The standard InChI is InChI=1S/C18H30N2O4/c1-5-16(12-22-14(3)4)23-13-17(6-2)24-18(21)20-11-15-9-7-8-10-19-15/h7-10,14,16-17H,5-6,11-13H2,1-4H3,(H,20,21). The smallest absolute Gasteiger partial charge is 0.407 e. The Morgan fingerprint density at radius 2 is 1.83 bits per heavy atom. The van der Waals surface area contributed by atoms with Gasteiger partial charge in [-0.2, -0.15) is 0 Å². The zero-order valence-electron chi connectivity index (χ0n) is 15.2. The monoisotopic (exact) mass is 338 g/mol. The molecule has 0 aliphatic heterocycles. The van der Waals surface area contributed by atoms with Crippen molar-refractivity contribution in [2.45, 2.75) is 65.4 Å². The van der Waals surface area contributed by atoms with E-state index in [1.54, 1.807) is 6.20 Å². The summed E-state index contributed by atoms with van der Waals surface area (Å²) in [5, 5.41) is 2.70. The molecule has 2 unspecified atom stereocenters. The third kappa shape index (κ3) is 8.84. The lowest BCUT2D eigenvalue weighted by molar-refractivity contribution is -0.0640. The largest absolute Gasteiger partial charge is 0.444 e. The number of carbonyl (C=O) groups is 1. The number of carbonyl (C=O) groups excluding carboxylic acids is 1. The van der Waals surface area contributed by atoms with Crippen molar-refractivity contribution < 1.29 is 19.0 Å². The lowest BCUT2D eigenvalue weighted by atomic mass is 10.2. The number of nitrogens with one attached hydrogen (secondary N) is 1. The quantitative estimate of drug-likeness (QED) is 0.670. The Labute approximate surface area is 144 Å². The van der Waals surface area contributed by atoms with E-state index in [0.29, 0.717) is 26.2 Å². The van der Waals surface area contributed by atoms with E-state index >= 15 is 0 Å². The van der Waals surface area contributed by atoms with E-state index in [1.807, 2.05) is 39.0 Å². The van der Waals surface area contributed by atoms with E-state index in [-0.39, 0.29) is 18.3 Å². The molecule has 6 nitrogen and oxygen atoms in total. The molecule has 0 saturated carbocycles. The second-order valence-corrected chi connectivity index (χ2v) is 5.86. The Balaban J connectivity index is 2.30. The molecule has 6 heteroatoms. The summed E-state index contributed by atoms with van der Waals surface area (Å²) < 4.78 is 16.8. The molecule has 2 atom stereocenters. The molecule has 1 heterocycles. The van der Waals surface area contributed by atoms with E-state index in [0.717, 1.165) is 12.1 Å². The third-order valence-electron chi connectivity index (χ3n) is 3.46. The number of pyridine rings is 1. The molecule has 0 radical (unpaired) electrons. The molecule has 1 amide bonds. The van der Waals surface area contributed by atoms with Crippen LogP contribution >= 0.6 is 0 Å². The van der Waals surface area contributed by atoms with Crippen LogP contribution in [0.25, 0.3) is 0 Å². The molecule has 1 aromatic heterocycles. The first-order valence-electron chi connectivity index (χ1n) is 8.62. The fraction of sp³-hybridized carbons (Fsp3) is 0.667. The van der Waals surface area contributed by atoms with Crippen LogP contribution in [0.4, 0.5) is 4.79 Å². The van der Waals surface area contributed by atoms with Gasteiger partial charge in [0, 0.05) is 6.20 Å². The van der Waals surface area contributed by atoms with E-state index in [9.17, 15) is 4.79 Å². The average molecular weight is 338 g/mol. The zero-order chi connectivity index (χ0) is 17.8. The lowest BCUT2D eigenvalue weighted by Gasteiger charge is -2.22.